The summed E-state index contributed by atoms with van der Waals surface area (Å²) < 4.78 is 11.0. The Morgan fingerprint density at radius 3 is 2.08 bits per heavy atom. The van der Waals surface area contributed by atoms with Gasteiger partial charge in [0.2, 0.25) is 0 Å². The van der Waals surface area contributed by atoms with E-state index in [-0.39, 0.29) is 0 Å². The Morgan fingerprint density at radius 1 is 1.00 bits per heavy atom. The zero-order chi connectivity index (χ0) is 10.1. The lowest BCUT2D eigenvalue weighted by Gasteiger charge is -2.15. The van der Waals surface area contributed by atoms with Crippen LogP contribution in [-0.4, -0.2) is 25.4 Å². The average molecular weight is 188 g/mol. The Kier molecular flexibility index (Phi) is 8.46. The summed E-state index contributed by atoms with van der Waals surface area (Å²) >= 11 is 0. The molecule has 2 heteroatoms. The molecule has 0 aromatic heterocycles. The quantitative estimate of drug-likeness (QED) is 0.545. The van der Waals surface area contributed by atoms with E-state index < -0.39 is 0 Å². The first-order valence-corrected chi connectivity index (χ1v) is 5.43. The van der Waals surface area contributed by atoms with Crippen molar-refractivity contribution in [3.8, 4) is 0 Å². The monoisotopic (exact) mass is 188 g/mol. The molecule has 0 bridgehead atoms. The predicted octanol–water partition coefficient (Wildman–Crippen LogP) is 3.01. The van der Waals surface area contributed by atoms with Crippen LogP contribution in [0.15, 0.2) is 0 Å². The van der Waals surface area contributed by atoms with Crippen LogP contribution in [0, 0.1) is 0 Å². The van der Waals surface area contributed by atoms with E-state index in [9.17, 15) is 0 Å². The fourth-order valence-electron chi connectivity index (χ4n) is 1.23. The summed E-state index contributed by atoms with van der Waals surface area (Å²) in [5.41, 5.74) is 0. The minimum Gasteiger partial charge on any atom is -0.376 e. The molecule has 0 N–H and O–H groups in total. The number of hydrogen-bond acceptors (Lipinski definition) is 2. The van der Waals surface area contributed by atoms with Gasteiger partial charge in [0, 0.05) is 0 Å². The van der Waals surface area contributed by atoms with Crippen molar-refractivity contribution in [1.82, 2.24) is 0 Å². The first-order chi connectivity index (χ1) is 6.20. The molecule has 80 valence electrons. The minimum atomic E-state index is 0.315. The number of rotatable bonds is 8. The molecule has 0 heterocycles. The zero-order valence-electron chi connectivity index (χ0n) is 9.51. The van der Waals surface area contributed by atoms with Gasteiger partial charge in [-0.15, -0.1) is 0 Å². The van der Waals surface area contributed by atoms with E-state index in [4.69, 9.17) is 9.47 Å². The molecule has 0 aromatic carbocycles. The molecule has 13 heavy (non-hydrogen) atoms. The summed E-state index contributed by atoms with van der Waals surface area (Å²) in [6.07, 6.45) is 4.22. The van der Waals surface area contributed by atoms with Crippen LogP contribution in [-0.2, 0) is 9.47 Å². The lowest BCUT2D eigenvalue weighted by molar-refractivity contribution is -0.0163. The van der Waals surface area contributed by atoms with Gasteiger partial charge in [-0.1, -0.05) is 20.3 Å². The molecule has 2 nitrogen and oxygen atoms in total. The smallest absolute Gasteiger partial charge is 0.0704 e. The van der Waals surface area contributed by atoms with Crippen LogP contribution in [0.2, 0.25) is 0 Å². The van der Waals surface area contributed by atoms with E-state index in [2.05, 4.69) is 13.8 Å². The molecule has 0 aliphatic heterocycles. The number of hydrogen-bond donors (Lipinski definition) is 0. The third kappa shape index (κ3) is 8.26. The highest BCUT2D eigenvalue weighted by atomic mass is 16.5. The van der Waals surface area contributed by atoms with Crippen LogP contribution in [0.3, 0.4) is 0 Å². The molecule has 0 amide bonds. The maximum Gasteiger partial charge on any atom is 0.0704 e. The van der Waals surface area contributed by atoms with Crippen molar-refractivity contribution in [1.29, 1.82) is 0 Å². The highest BCUT2D eigenvalue weighted by molar-refractivity contribution is 4.53. The first kappa shape index (κ1) is 12.9. The van der Waals surface area contributed by atoms with Crippen LogP contribution >= 0.6 is 0 Å². The second-order valence-electron chi connectivity index (χ2n) is 3.61. The summed E-state index contributed by atoms with van der Waals surface area (Å²) in [5, 5.41) is 0. The second kappa shape index (κ2) is 8.52. The van der Waals surface area contributed by atoms with Gasteiger partial charge in [-0.25, -0.2) is 0 Å². The van der Waals surface area contributed by atoms with Crippen LogP contribution in [0.1, 0.15) is 47.0 Å². The summed E-state index contributed by atoms with van der Waals surface area (Å²) in [4.78, 5) is 0. The normalized spacial score (nSPS) is 13.6. The Hall–Kier alpha value is -0.0800. The van der Waals surface area contributed by atoms with Gasteiger partial charge in [0.05, 0.1) is 25.4 Å². The molecule has 0 rings (SSSR count). The van der Waals surface area contributed by atoms with Crippen LogP contribution in [0.5, 0.6) is 0 Å². The molecule has 0 spiro atoms. The molecule has 0 aliphatic carbocycles. The Morgan fingerprint density at radius 2 is 1.62 bits per heavy atom. The molecule has 0 saturated carbocycles. The number of ether oxygens (including phenoxy) is 2. The van der Waals surface area contributed by atoms with Gasteiger partial charge in [-0.05, 0) is 26.7 Å². The highest BCUT2D eigenvalue weighted by Gasteiger charge is 2.04. The summed E-state index contributed by atoms with van der Waals surface area (Å²) in [6.45, 7) is 9.90. The fraction of sp³-hybridized carbons (Fsp3) is 1.00. The van der Waals surface area contributed by atoms with Gasteiger partial charge in [-0.2, -0.15) is 0 Å². The van der Waals surface area contributed by atoms with Crippen LogP contribution in [0.4, 0.5) is 0 Å². The lowest BCUT2D eigenvalue weighted by Crippen LogP contribution is -2.16. The van der Waals surface area contributed by atoms with E-state index in [1.807, 2.05) is 13.8 Å². The maximum atomic E-state index is 5.66. The standard InChI is InChI=1S/C11H24O2/c1-5-7-11(6-2)13-9-8-12-10(3)4/h10-11H,5-9H2,1-4H3. The van der Waals surface area contributed by atoms with Crippen molar-refractivity contribution in [2.75, 3.05) is 13.2 Å². The molecule has 1 atom stereocenters. The Bertz CT molecular complexity index is 102. The molecule has 0 radical (unpaired) electrons. The summed E-state index contributed by atoms with van der Waals surface area (Å²) in [5.74, 6) is 0. The molecule has 1 unspecified atom stereocenters. The van der Waals surface area contributed by atoms with Gasteiger partial charge in [0.1, 0.15) is 0 Å². The first-order valence-electron chi connectivity index (χ1n) is 5.43. The summed E-state index contributed by atoms with van der Waals surface area (Å²) in [7, 11) is 0. The van der Waals surface area contributed by atoms with E-state index in [0.29, 0.717) is 12.2 Å². The Balaban J connectivity index is 3.27. The lowest BCUT2D eigenvalue weighted by atomic mass is 10.2. The van der Waals surface area contributed by atoms with Crippen molar-refractivity contribution in [3.63, 3.8) is 0 Å². The molecule has 0 saturated heterocycles. The van der Waals surface area contributed by atoms with Crippen LogP contribution < -0.4 is 0 Å². The van der Waals surface area contributed by atoms with Gasteiger partial charge in [0.25, 0.3) is 0 Å². The SMILES string of the molecule is CCCC(CC)OCCOC(C)C. The van der Waals surface area contributed by atoms with Crippen LogP contribution in [0.25, 0.3) is 0 Å². The van der Waals surface area contributed by atoms with Crippen molar-refractivity contribution in [3.05, 3.63) is 0 Å². The molecular weight excluding hydrogens is 164 g/mol. The van der Waals surface area contributed by atoms with E-state index >= 15 is 0 Å². The highest BCUT2D eigenvalue weighted by Crippen LogP contribution is 2.05. The molecule has 0 aliphatic rings. The van der Waals surface area contributed by atoms with Crippen molar-refractivity contribution in [2.24, 2.45) is 0 Å². The van der Waals surface area contributed by atoms with Gasteiger partial charge >= 0.3 is 0 Å². The van der Waals surface area contributed by atoms with Gasteiger partial charge < -0.3 is 9.47 Å². The largest absolute Gasteiger partial charge is 0.376 e. The van der Waals surface area contributed by atoms with Gasteiger partial charge in [-0.3, -0.25) is 0 Å². The Labute approximate surface area is 82.6 Å². The average Bonchev–Trinajstić information content (AvgIpc) is 2.10. The zero-order valence-corrected chi connectivity index (χ0v) is 9.51. The summed E-state index contributed by atoms with van der Waals surface area (Å²) in [6, 6.07) is 0. The second-order valence-corrected chi connectivity index (χ2v) is 3.61. The van der Waals surface area contributed by atoms with E-state index in [0.717, 1.165) is 26.1 Å². The van der Waals surface area contributed by atoms with Crippen molar-refractivity contribution >= 4 is 0 Å². The molecular formula is C11H24O2. The topological polar surface area (TPSA) is 18.5 Å². The van der Waals surface area contributed by atoms with E-state index in [1.165, 1.54) is 6.42 Å². The van der Waals surface area contributed by atoms with Crippen molar-refractivity contribution in [2.45, 2.75) is 59.2 Å². The third-order valence-corrected chi connectivity index (χ3v) is 1.95. The van der Waals surface area contributed by atoms with Crippen molar-refractivity contribution < 1.29 is 9.47 Å². The maximum absolute atomic E-state index is 5.66. The fourth-order valence-corrected chi connectivity index (χ4v) is 1.23. The molecule has 0 fully saturated rings. The van der Waals surface area contributed by atoms with Gasteiger partial charge in [0.15, 0.2) is 0 Å². The minimum absolute atomic E-state index is 0.315. The van der Waals surface area contributed by atoms with E-state index in [1.54, 1.807) is 0 Å². The third-order valence-electron chi connectivity index (χ3n) is 1.95. The molecule has 0 aromatic rings. The predicted molar refractivity (Wildman–Crippen MR) is 56.0 cm³/mol.